The Bertz CT molecular complexity index is 238. The Morgan fingerprint density at radius 3 is 3.20 bits per heavy atom. The predicted molar refractivity (Wildman–Crippen MR) is 38.4 cm³/mol. The lowest BCUT2D eigenvalue weighted by atomic mass is 10.0. The lowest BCUT2D eigenvalue weighted by molar-refractivity contribution is -0.114. The molecule has 0 saturated carbocycles. The molecule has 1 N–H and O–H groups in total. The van der Waals surface area contributed by atoms with E-state index in [-0.39, 0.29) is 5.78 Å². The molecule has 2 aliphatic rings. The third-order valence-electron chi connectivity index (χ3n) is 1.94. The largest absolute Gasteiger partial charge is 0.387 e. The van der Waals surface area contributed by atoms with Crippen LogP contribution in [0, 0.1) is 0 Å². The highest BCUT2D eigenvalue weighted by Crippen LogP contribution is 2.21. The van der Waals surface area contributed by atoms with Gasteiger partial charge < -0.3 is 5.32 Å². The van der Waals surface area contributed by atoms with Crippen molar-refractivity contribution < 1.29 is 4.79 Å². The van der Waals surface area contributed by atoms with Gasteiger partial charge in [0.25, 0.3) is 0 Å². The van der Waals surface area contributed by atoms with Gasteiger partial charge in [0.05, 0.1) is 6.42 Å². The number of nitrogens with one attached hydrogen (secondary N) is 1. The van der Waals surface area contributed by atoms with Crippen LogP contribution >= 0.6 is 0 Å². The van der Waals surface area contributed by atoms with E-state index < -0.39 is 0 Å². The van der Waals surface area contributed by atoms with Crippen LogP contribution in [-0.4, -0.2) is 12.3 Å². The van der Waals surface area contributed by atoms with Gasteiger partial charge in [-0.3, -0.25) is 4.79 Å². The molecule has 10 heavy (non-hydrogen) atoms. The molecule has 0 spiro atoms. The Morgan fingerprint density at radius 1 is 1.40 bits per heavy atom. The molecule has 2 rings (SSSR count). The lowest BCUT2D eigenvalue weighted by Gasteiger charge is -2.05. The highest BCUT2D eigenvalue weighted by molar-refractivity contribution is 5.93. The Balaban J connectivity index is 2.30. The second-order valence-corrected chi connectivity index (χ2v) is 2.66. The fraction of sp³-hybridized carbons (Fsp3) is 0.375. The number of carbonyl (C=O) groups is 1. The Hall–Kier alpha value is -1.05. The minimum Gasteiger partial charge on any atom is -0.387 e. The van der Waals surface area contributed by atoms with Gasteiger partial charge in [-0.2, -0.15) is 0 Å². The second-order valence-electron chi connectivity index (χ2n) is 2.66. The molecule has 0 amide bonds. The van der Waals surface area contributed by atoms with E-state index in [2.05, 4.69) is 5.32 Å². The molecule has 1 aliphatic heterocycles. The minimum atomic E-state index is 0.216. The number of ketones is 1. The SMILES string of the molecule is O=C1C=CC2=C(C1)NCC2. The van der Waals surface area contributed by atoms with Crippen LogP contribution in [-0.2, 0) is 4.79 Å². The maximum Gasteiger partial charge on any atom is 0.161 e. The van der Waals surface area contributed by atoms with Crippen LogP contribution in [0.25, 0.3) is 0 Å². The first-order valence-corrected chi connectivity index (χ1v) is 3.53. The van der Waals surface area contributed by atoms with Crippen LogP contribution < -0.4 is 5.32 Å². The highest BCUT2D eigenvalue weighted by atomic mass is 16.1. The summed E-state index contributed by atoms with van der Waals surface area (Å²) in [5.74, 6) is 0.216. The maximum atomic E-state index is 10.8. The van der Waals surface area contributed by atoms with Crippen LogP contribution in [0.15, 0.2) is 23.4 Å². The Kier molecular flexibility index (Phi) is 1.13. The van der Waals surface area contributed by atoms with Crippen LogP contribution in [0.3, 0.4) is 0 Å². The average molecular weight is 135 g/mol. The molecule has 0 bridgehead atoms. The molecule has 0 fully saturated rings. The van der Waals surface area contributed by atoms with Crippen molar-refractivity contribution in [3.8, 4) is 0 Å². The fourth-order valence-corrected chi connectivity index (χ4v) is 1.40. The van der Waals surface area contributed by atoms with Crippen molar-refractivity contribution in [1.82, 2.24) is 5.32 Å². The zero-order valence-corrected chi connectivity index (χ0v) is 5.68. The van der Waals surface area contributed by atoms with E-state index in [1.807, 2.05) is 6.08 Å². The summed E-state index contributed by atoms with van der Waals surface area (Å²) in [4.78, 5) is 10.8. The molecule has 2 nitrogen and oxygen atoms in total. The molecular weight excluding hydrogens is 126 g/mol. The molecule has 1 heterocycles. The standard InChI is InChI=1S/C8H9NO/c10-7-2-1-6-3-4-9-8(6)5-7/h1-2,9H,3-5H2. The topological polar surface area (TPSA) is 29.1 Å². The molecule has 0 aromatic heterocycles. The molecule has 0 saturated heterocycles. The summed E-state index contributed by atoms with van der Waals surface area (Å²) >= 11 is 0. The van der Waals surface area contributed by atoms with Crippen molar-refractivity contribution >= 4 is 5.78 Å². The van der Waals surface area contributed by atoms with Crippen LogP contribution in [0.5, 0.6) is 0 Å². The third kappa shape index (κ3) is 0.764. The van der Waals surface area contributed by atoms with E-state index in [0.717, 1.165) is 18.7 Å². The van der Waals surface area contributed by atoms with E-state index in [1.165, 1.54) is 5.57 Å². The maximum absolute atomic E-state index is 10.8. The molecule has 1 aliphatic carbocycles. The van der Waals surface area contributed by atoms with E-state index >= 15 is 0 Å². The highest BCUT2D eigenvalue weighted by Gasteiger charge is 2.17. The number of hydrogen-bond donors (Lipinski definition) is 1. The van der Waals surface area contributed by atoms with Crippen LogP contribution in [0.1, 0.15) is 12.8 Å². The number of carbonyl (C=O) groups excluding carboxylic acids is 1. The van der Waals surface area contributed by atoms with Gasteiger partial charge in [-0.15, -0.1) is 0 Å². The van der Waals surface area contributed by atoms with E-state index in [0.29, 0.717) is 6.42 Å². The van der Waals surface area contributed by atoms with E-state index in [4.69, 9.17) is 0 Å². The van der Waals surface area contributed by atoms with Crippen molar-refractivity contribution in [2.75, 3.05) is 6.54 Å². The van der Waals surface area contributed by atoms with Gasteiger partial charge >= 0.3 is 0 Å². The van der Waals surface area contributed by atoms with Gasteiger partial charge in [0, 0.05) is 12.2 Å². The summed E-state index contributed by atoms with van der Waals surface area (Å²) in [6.45, 7) is 1.00. The summed E-state index contributed by atoms with van der Waals surface area (Å²) in [5, 5.41) is 3.20. The average Bonchev–Trinajstić information content (AvgIpc) is 2.33. The number of allylic oxidation sites excluding steroid dienone is 3. The Morgan fingerprint density at radius 2 is 2.30 bits per heavy atom. The van der Waals surface area contributed by atoms with Gasteiger partial charge in [-0.1, -0.05) is 6.08 Å². The smallest absolute Gasteiger partial charge is 0.161 e. The minimum absolute atomic E-state index is 0.216. The summed E-state index contributed by atoms with van der Waals surface area (Å²) in [6.07, 6.45) is 5.28. The van der Waals surface area contributed by atoms with Gasteiger partial charge in [0.2, 0.25) is 0 Å². The summed E-state index contributed by atoms with van der Waals surface area (Å²) in [5.41, 5.74) is 2.46. The van der Waals surface area contributed by atoms with Crippen LogP contribution in [0.2, 0.25) is 0 Å². The van der Waals surface area contributed by atoms with Gasteiger partial charge in [0.1, 0.15) is 0 Å². The molecule has 52 valence electrons. The summed E-state index contributed by atoms with van der Waals surface area (Å²) in [7, 11) is 0. The fourth-order valence-electron chi connectivity index (χ4n) is 1.40. The lowest BCUT2D eigenvalue weighted by Crippen LogP contribution is -2.11. The Labute approximate surface area is 59.6 Å². The third-order valence-corrected chi connectivity index (χ3v) is 1.94. The molecule has 2 heteroatoms. The van der Waals surface area contributed by atoms with Crippen molar-refractivity contribution in [2.45, 2.75) is 12.8 Å². The normalized spacial score (nSPS) is 23.0. The first-order valence-electron chi connectivity index (χ1n) is 3.53. The van der Waals surface area contributed by atoms with Crippen molar-refractivity contribution in [3.05, 3.63) is 23.4 Å². The van der Waals surface area contributed by atoms with Crippen molar-refractivity contribution in [3.63, 3.8) is 0 Å². The summed E-state index contributed by atoms with van der Waals surface area (Å²) < 4.78 is 0. The molecule has 0 radical (unpaired) electrons. The zero-order valence-electron chi connectivity index (χ0n) is 5.68. The van der Waals surface area contributed by atoms with Gasteiger partial charge in [-0.05, 0) is 18.1 Å². The molecular formula is C8H9NO. The van der Waals surface area contributed by atoms with Gasteiger partial charge in [0.15, 0.2) is 5.78 Å². The van der Waals surface area contributed by atoms with E-state index in [1.54, 1.807) is 6.08 Å². The number of hydrogen-bond acceptors (Lipinski definition) is 2. The van der Waals surface area contributed by atoms with Crippen molar-refractivity contribution in [2.24, 2.45) is 0 Å². The molecule has 0 atom stereocenters. The quantitative estimate of drug-likeness (QED) is 0.531. The summed E-state index contributed by atoms with van der Waals surface area (Å²) in [6, 6.07) is 0. The monoisotopic (exact) mass is 135 g/mol. The first-order chi connectivity index (χ1) is 4.86. The second kappa shape index (κ2) is 1.97. The van der Waals surface area contributed by atoms with E-state index in [9.17, 15) is 4.79 Å². The zero-order chi connectivity index (χ0) is 6.97. The molecule has 0 unspecified atom stereocenters. The molecule has 0 aromatic rings. The molecule has 0 aromatic carbocycles. The van der Waals surface area contributed by atoms with Crippen molar-refractivity contribution in [1.29, 1.82) is 0 Å². The number of rotatable bonds is 0. The van der Waals surface area contributed by atoms with Gasteiger partial charge in [-0.25, -0.2) is 0 Å². The first kappa shape index (κ1) is 5.71. The van der Waals surface area contributed by atoms with Crippen LogP contribution in [0.4, 0.5) is 0 Å². The predicted octanol–water partition coefficient (Wildman–Crippen LogP) is 0.763.